The Bertz CT molecular complexity index is 756. The van der Waals surface area contributed by atoms with E-state index < -0.39 is 5.60 Å². The third-order valence-electron chi connectivity index (χ3n) is 4.56. The summed E-state index contributed by atoms with van der Waals surface area (Å²) in [4.78, 5) is 14.5. The molecule has 142 valence electrons. The van der Waals surface area contributed by atoms with Gasteiger partial charge in [0.05, 0.1) is 6.26 Å². The molecule has 3 rings (SSSR count). The van der Waals surface area contributed by atoms with Crippen LogP contribution in [0.1, 0.15) is 52.0 Å². The average Bonchev–Trinajstić information content (AvgIpc) is 3.11. The summed E-state index contributed by atoms with van der Waals surface area (Å²) in [7, 11) is 0. The van der Waals surface area contributed by atoms with E-state index in [-0.39, 0.29) is 11.6 Å². The highest BCUT2D eigenvalue weighted by atomic mass is 16.6. The zero-order chi connectivity index (χ0) is 18.9. The predicted molar refractivity (Wildman–Crippen MR) is 96.9 cm³/mol. The molecule has 0 radical (unpaired) electrons. The quantitative estimate of drug-likeness (QED) is 0.840. The van der Waals surface area contributed by atoms with Crippen molar-refractivity contribution in [1.29, 1.82) is 0 Å². The molecule has 0 N–H and O–H groups in total. The number of nitrogens with zero attached hydrogens (tertiary/aromatic N) is 4. The Morgan fingerprint density at radius 3 is 2.69 bits per heavy atom. The summed E-state index contributed by atoms with van der Waals surface area (Å²) in [5, 5.41) is 8.75. The maximum atomic E-state index is 12.7. The Balaban J connectivity index is 1.75. The van der Waals surface area contributed by atoms with Crippen LogP contribution >= 0.6 is 0 Å². The van der Waals surface area contributed by atoms with E-state index in [0.29, 0.717) is 19.5 Å². The van der Waals surface area contributed by atoms with Crippen LogP contribution in [0, 0.1) is 0 Å². The third-order valence-corrected chi connectivity index (χ3v) is 4.56. The standard InChI is InChI=1S/C19H28N4O3/c1-18(2,3)26-17(24)23-11-10-22-15(9-8-14-7-6-12-25-14)20-21-16(22)13-19(23,4)5/h6-7,12H,8-11,13H2,1-5H3. The van der Waals surface area contributed by atoms with Crippen molar-refractivity contribution in [3.63, 3.8) is 0 Å². The molecule has 3 heterocycles. The molecule has 0 aromatic carbocycles. The lowest BCUT2D eigenvalue weighted by molar-refractivity contribution is 0.00405. The van der Waals surface area contributed by atoms with Crippen molar-refractivity contribution in [3.8, 4) is 0 Å². The van der Waals surface area contributed by atoms with Crippen LogP contribution in [0.4, 0.5) is 4.79 Å². The minimum atomic E-state index is -0.511. The summed E-state index contributed by atoms with van der Waals surface area (Å²) in [6.45, 7) is 11.0. The van der Waals surface area contributed by atoms with Crippen molar-refractivity contribution in [2.24, 2.45) is 0 Å². The lowest BCUT2D eigenvalue weighted by Crippen LogP contribution is -2.50. The van der Waals surface area contributed by atoms with Crippen LogP contribution in [-0.4, -0.2) is 43.4 Å². The zero-order valence-corrected chi connectivity index (χ0v) is 16.3. The van der Waals surface area contributed by atoms with Gasteiger partial charge in [-0.2, -0.15) is 0 Å². The van der Waals surface area contributed by atoms with Gasteiger partial charge in [-0.25, -0.2) is 4.79 Å². The summed E-state index contributed by atoms with van der Waals surface area (Å²) in [6, 6.07) is 3.86. The molecule has 26 heavy (non-hydrogen) atoms. The van der Waals surface area contributed by atoms with Crippen LogP contribution in [0.2, 0.25) is 0 Å². The highest BCUT2D eigenvalue weighted by Crippen LogP contribution is 2.26. The van der Waals surface area contributed by atoms with E-state index in [4.69, 9.17) is 9.15 Å². The minimum Gasteiger partial charge on any atom is -0.469 e. The fraction of sp³-hybridized carbons (Fsp3) is 0.632. The molecule has 2 aromatic rings. The van der Waals surface area contributed by atoms with Gasteiger partial charge in [-0.05, 0) is 46.8 Å². The Morgan fingerprint density at radius 1 is 1.27 bits per heavy atom. The van der Waals surface area contributed by atoms with E-state index in [0.717, 1.165) is 30.3 Å². The first-order valence-electron chi connectivity index (χ1n) is 9.10. The molecule has 1 aliphatic rings. The summed E-state index contributed by atoms with van der Waals surface area (Å²) < 4.78 is 13.1. The van der Waals surface area contributed by atoms with Crippen molar-refractivity contribution in [2.45, 2.75) is 71.6 Å². The summed E-state index contributed by atoms with van der Waals surface area (Å²) >= 11 is 0. The summed E-state index contributed by atoms with van der Waals surface area (Å²) in [5.74, 6) is 2.78. The maximum absolute atomic E-state index is 12.7. The van der Waals surface area contributed by atoms with Gasteiger partial charge in [0.1, 0.15) is 23.0 Å². The van der Waals surface area contributed by atoms with Crippen LogP contribution in [-0.2, 0) is 30.5 Å². The Morgan fingerprint density at radius 2 is 2.04 bits per heavy atom. The topological polar surface area (TPSA) is 73.4 Å². The van der Waals surface area contributed by atoms with Gasteiger partial charge in [0, 0.05) is 37.9 Å². The molecule has 0 spiro atoms. The SMILES string of the molecule is CC(C)(C)OC(=O)N1CCn2c(CCc3ccco3)nnc2CC1(C)C. The highest BCUT2D eigenvalue weighted by Gasteiger charge is 2.38. The number of rotatable bonds is 3. The van der Waals surface area contributed by atoms with Crippen molar-refractivity contribution in [2.75, 3.05) is 6.54 Å². The van der Waals surface area contributed by atoms with E-state index >= 15 is 0 Å². The minimum absolute atomic E-state index is 0.279. The summed E-state index contributed by atoms with van der Waals surface area (Å²) in [6.07, 6.45) is 3.58. The maximum Gasteiger partial charge on any atom is 0.410 e. The first kappa shape index (κ1) is 18.5. The number of carbonyl (C=O) groups excluding carboxylic acids is 1. The first-order valence-corrected chi connectivity index (χ1v) is 9.10. The molecule has 1 aliphatic heterocycles. The molecule has 0 bridgehead atoms. The molecule has 7 nitrogen and oxygen atoms in total. The van der Waals surface area contributed by atoms with Gasteiger partial charge >= 0.3 is 6.09 Å². The molecular weight excluding hydrogens is 332 g/mol. The largest absolute Gasteiger partial charge is 0.469 e. The number of carbonyl (C=O) groups is 1. The van der Waals surface area contributed by atoms with Crippen molar-refractivity contribution in [1.82, 2.24) is 19.7 Å². The van der Waals surface area contributed by atoms with E-state index in [1.54, 1.807) is 6.26 Å². The van der Waals surface area contributed by atoms with E-state index in [2.05, 4.69) is 14.8 Å². The van der Waals surface area contributed by atoms with Gasteiger partial charge in [0.25, 0.3) is 0 Å². The molecule has 2 aromatic heterocycles. The van der Waals surface area contributed by atoms with E-state index in [1.165, 1.54) is 0 Å². The Hall–Kier alpha value is -2.31. The molecular formula is C19H28N4O3. The van der Waals surface area contributed by atoms with E-state index in [1.807, 2.05) is 51.7 Å². The number of aryl methyl sites for hydroxylation is 2. The second-order valence-corrected chi connectivity index (χ2v) is 8.38. The fourth-order valence-electron chi connectivity index (χ4n) is 3.28. The molecule has 7 heteroatoms. The molecule has 0 atom stereocenters. The van der Waals surface area contributed by atoms with Crippen LogP contribution in [0.25, 0.3) is 0 Å². The molecule has 0 aliphatic carbocycles. The van der Waals surface area contributed by atoms with Gasteiger partial charge in [-0.1, -0.05) is 0 Å². The third kappa shape index (κ3) is 4.08. The molecule has 1 amide bonds. The van der Waals surface area contributed by atoms with Gasteiger partial charge in [0.15, 0.2) is 0 Å². The molecule has 0 unspecified atom stereocenters. The van der Waals surface area contributed by atoms with Crippen LogP contribution in [0.15, 0.2) is 22.8 Å². The smallest absolute Gasteiger partial charge is 0.410 e. The number of amides is 1. The van der Waals surface area contributed by atoms with Gasteiger partial charge in [0.2, 0.25) is 0 Å². The normalized spacial score (nSPS) is 16.9. The second kappa shape index (κ2) is 6.78. The number of hydrogen-bond donors (Lipinski definition) is 0. The van der Waals surface area contributed by atoms with Crippen molar-refractivity contribution < 1.29 is 13.9 Å². The van der Waals surface area contributed by atoms with Crippen molar-refractivity contribution >= 4 is 6.09 Å². The number of fused-ring (bicyclic) bond motifs is 1. The first-order chi connectivity index (χ1) is 12.2. The van der Waals surface area contributed by atoms with Gasteiger partial charge in [-0.15, -0.1) is 10.2 Å². The van der Waals surface area contributed by atoms with Crippen LogP contribution < -0.4 is 0 Å². The Kier molecular flexibility index (Phi) is 4.82. The second-order valence-electron chi connectivity index (χ2n) is 8.38. The fourth-order valence-corrected chi connectivity index (χ4v) is 3.28. The van der Waals surface area contributed by atoms with E-state index in [9.17, 15) is 4.79 Å². The number of hydrogen-bond acceptors (Lipinski definition) is 5. The van der Waals surface area contributed by atoms with Crippen molar-refractivity contribution in [3.05, 3.63) is 35.8 Å². The predicted octanol–water partition coefficient (Wildman–Crippen LogP) is 3.23. The van der Waals surface area contributed by atoms with Crippen LogP contribution in [0.3, 0.4) is 0 Å². The van der Waals surface area contributed by atoms with Gasteiger partial charge in [-0.3, -0.25) is 0 Å². The number of ether oxygens (including phenoxy) is 1. The molecule has 0 saturated carbocycles. The molecule has 0 saturated heterocycles. The molecule has 0 fully saturated rings. The lowest BCUT2D eigenvalue weighted by atomic mass is 9.98. The van der Waals surface area contributed by atoms with Crippen LogP contribution in [0.5, 0.6) is 0 Å². The number of aromatic nitrogens is 3. The average molecular weight is 360 g/mol. The number of furan rings is 1. The Labute approximate surface area is 154 Å². The summed E-state index contributed by atoms with van der Waals surface area (Å²) in [5.41, 5.74) is -0.898. The van der Waals surface area contributed by atoms with Gasteiger partial charge < -0.3 is 18.6 Å². The zero-order valence-electron chi connectivity index (χ0n) is 16.3. The highest BCUT2D eigenvalue weighted by molar-refractivity contribution is 5.69. The monoisotopic (exact) mass is 360 g/mol. The lowest BCUT2D eigenvalue weighted by Gasteiger charge is -2.37.